The molecule has 0 bridgehead atoms. The number of hydrogen-bond donors (Lipinski definition) is 1. The molecule has 0 aromatic heterocycles. The van der Waals surface area contributed by atoms with Gasteiger partial charge in [-0.25, -0.2) is 0 Å². The van der Waals surface area contributed by atoms with Crippen molar-refractivity contribution in [1.29, 1.82) is 0 Å². The predicted octanol–water partition coefficient (Wildman–Crippen LogP) is 4.25. The van der Waals surface area contributed by atoms with E-state index >= 15 is 0 Å². The van der Waals surface area contributed by atoms with Gasteiger partial charge in [-0.05, 0) is 43.9 Å². The highest BCUT2D eigenvalue weighted by Crippen LogP contribution is 2.34. The van der Waals surface area contributed by atoms with Crippen molar-refractivity contribution in [1.82, 2.24) is 0 Å². The Morgan fingerprint density at radius 3 is 2.87 bits per heavy atom. The van der Waals surface area contributed by atoms with Crippen LogP contribution in [0, 0.1) is 12.8 Å². The van der Waals surface area contributed by atoms with Gasteiger partial charge in [0.05, 0.1) is 0 Å². The lowest BCUT2D eigenvalue weighted by molar-refractivity contribution is 0.642. The molecule has 1 N–H and O–H groups in total. The highest BCUT2D eigenvalue weighted by molar-refractivity contribution is 6.31. The van der Waals surface area contributed by atoms with Crippen LogP contribution in [0.1, 0.15) is 31.7 Å². The fourth-order valence-corrected chi connectivity index (χ4v) is 2.12. The molecule has 1 aromatic rings. The van der Waals surface area contributed by atoms with Gasteiger partial charge in [0.2, 0.25) is 0 Å². The van der Waals surface area contributed by atoms with Gasteiger partial charge >= 0.3 is 0 Å². The third-order valence-corrected chi connectivity index (χ3v) is 3.46. The van der Waals surface area contributed by atoms with Crippen LogP contribution in [-0.4, -0.2) is 6.04 Å². The highest BCUT2D eigenvalue weighted by Gasteiger charge is 2.23. The molecule has 0 heterocycles. The lowest BCUT2D eigenvalue weighted by Crippen LogP contribution is -2.16. The summed E-state index contributed by atoms with van der Waals surface area (Å²) in [4.78, 5) is 0. The molecular weight excluding hydrogens is 206 g/mol. The van der Waals surface area contributed by atoms with Crippen molar-refractivity contribution in [3.8, 4) is 0 Å². The van der Waals surface area contributed by atoms with Crippen molar-refractivity contribution in [2.75, 3.05) is 5.32 Å². The molecule has 1 nitrogen and oxygen atoms in total. The van der Waals surface area contributed by atoms with E-state index in [4.69, 9.17) is 11.6 Å². The first kappa shape index (κ1) is 10.8. The minimum atomic E-state index is 0.551. The second-order valence-corrected chi connectivity index (χ2v) is 5.04. The van der Waals surface area contributed by atoms with Crippen molar-refractivity contribution in [2.45, 2.75) is 39.2 Å². The molecule has 1 aliphatic rings. The van der Waals surface area contributed by atoms with Crippen LogP contribution >= 0.6 is 11.6 Å². The monoisotopic (exact) mass is 223 g/mol. The first-order chi connectivity index (χ1) is 7.16. The molecule has 1 saturated carbocycles. The lowest BCUT2D eigenvalue weighted by atomic mass is 10.1. The average Bonchev–Trinajstić information content (AvgIpc) is 2.97. The zero-order valence-electron chi connectivity index (χ0n) is 9.39. The summed E-state index contributed by atoms with van der Waals surface area (Å²) < 4.78 is 0. The fourth-order valence-electron chi connectivity index (χ4n) is 1.94. The fraction of sp³-hybridized carbons (Fsp3) is 0.538. The Morgan fingerprint density at radius 1 is 1.47 bits per heavy atom. The first-order valence-electron chi connectivity index (χ1n) is 5.68. The summed E-state index contributed by atoms with van der Waals surface area (Å²) in [5.74, 6) is 0.965. The number of hydrogen-bond acceptors (Lipinski definition) is 1. The molecular formula is C13H18ClN. The molecule has 2 heteroatoms. The van der Waals surface area contributed by atoms with Crippen LogP contribution in [0.25, 0.3) is 0 Å². The molecule has 1 atom stereocenters. The average molecular weight is 224 g/mol. The molecule has 0 radical (unpaired) electrons. The van der Waals surface area contributed by atoms with Gasteiger partial charge in [0, 0.05) is 16.8 Å². The maximum Gasteiger partial charge on any atom is 0.0455 e. The minimum Gasteiger partial charge on any atom is -0.382 e. The van der Waals surface area contributed by atoms with E-state index in [2.05, 4.69) is 25.2 Å². The molecule has 1 aliphatic carbocycles. The Kier molecular flexibility index (Phi) is 3.20. The standard InChI is InChI=1S/C13H18ClN/c1-9(8-11-6-7-11)15-13-5-3-4-12(14)10(13)2/h3-5,9,11,15H,6-8H2,1-2H3. The van der Waals surface area contributed by atoms with Gasteiger partial charge in [-0.1, -0.05) is 30.5 Å². The minimum absolute atomic E-state index is 0.551. The van der Waals surface area contributed by atoms with Gasteiger partial charge in [-0.15, -0.1) is 0 Å². The van der Waals surface area contributed by atoms with E-state index in [0.29, 0.717) is 6.04 Å². The van der Waals surface area contributed by atoms with E-state index < -0.39 is 0 Å². The second-order valence-electron chi connectivity index (χ2n) is 4.64. The van der Waals surface area contributed by atoms with Gasteiger partial charge in [0.1, 0.15) is 0 Å². The molecule has 1 unspecified atom stereocenters. The normalized spacial score (nSPS) is 17.5. The number of nitrogens with one attached hydrogen (secondary N) is 1. The summed E-state index contributed by atoms with van der Waals surface area (Å²) in [5, 5.41) is 4.38. The third kappa shape index (κ3) is 2.88. The van der Waals surface area contributed by atoms with Gasteiger partial charge < -0.3 is 5.32 Å². The first-order valence-corrected chi connectivity index (χ1v) is 6.06. The quantitative estimate of drug-likeness (QED) is 0.805. The molecule has 0 spiro atoms. The summed E-state index contributed by atoms with van der Waals surface area (Å²) in [5.41, 5.74) is 2.33. The van der Waals surface area contributed by atoms with Crippen LogP contribution in [0.15, 0.2) is 18.2 Å². The molecule has 15 heavy (non-hydrogen) atoms. The Morgan fingerprint density at radius 2 is 2.20 bits per heavy atom. The zero-order chi connectivity index (χ0) is 10.8. The van der Waals surface area contributed by atoms with Crippen molar-refractivity contribution >= 4 is 17.3 Å². The van der Waals surface area contributed by atoms with Gasteiger partial charge in [-0.2, -0.15) is 0 Å². The number of halogens is 1. The van der Waals surface area contributed by atoms with Crippen LogP contribution < -0.4 is 5.32 Å². The Hall–Kier alpha value is -0.690. The second kappa shape index (κ2) is 4.44. The lowest BCUT2D eigenvalue weighted by Gasteiger charge is -2.17. The largest absolute Gasteiger partial charge is 0.382 e. The Bertz CT molecular complexity index is 344. The SMILES string of the molecule is Cc1c(Cl)cccc1NC(C)CC1CC1. The number of rotatable bonds is 4. The smallest absolute Gasteiger partial charge is 0.0455 e. The summed E-state index contributed by atoms with van der Waals surface area (Å²) in [7, 11) is 0. The molecule has 1 aromatic carbocycles. The molecule has 0 aliphatic heterocycles. The summed E-state index contributed by atoms with van der Waals surface area (Å²) >= 11 is 6.08. The zero-order valence-corrected chi connectivity index (χ0v) is 10.1. The van der Waals surface area contributed by atoms with Crippen LogP contribution in [0.5, 0.6) is 0 Å². The van der Waals surface area contributed by atoms with Gasteiger partial charge in [0.15, 0.2) is 0 Å². The molecule has 2 rings (SSSR count). The summed E-state index contributed by atoms with van der Waals surface area (Å²) in [6.07, 6.45) is 4.12. The maximum atomic E-state index is 6.08. The van der Waals surface area contributed by atoms with Crippen molar-refractivity contribution in [2.24, 2.45) is 5.92 Å². The van der Waals surface area contributed by atoms with Crippen molar-refractivity contribution in [3.63, 3.8) is 0 Å². The van der Waals surface area contributed by atoms with E-state index in [1.165, 1.54) is 24.9 Å². The molecule has 1 fully saturated rings. The summed E-state index contributed by atoms with van der Waals surface area (Å²) in [6, 6.07) is 6.59. The van der Waals surface area contributed by atoms with Crippen LogP contribution in [-0.2, 0) is 0 Å². The van der Waals surface area contributed by atoms with Crippen LogP contribution in [0.4, 0.5) is 5.69 Å². The number of benzene rings is 1. The van der Waals surface area contributed by atoms with E-state index in [-0.39, 0.29) is 0 Å². The molecule has 0 saturated heterocycles. The third-order valence-electron chi connectivity index (χ3n) is 3.05. The van der Waals surface area contributed by atoms with Crippen LogP contribution in [0.3, 0.4) is 0 Å². The summed E-state index contributed by atoms with van der Waals surface area (Å²) in [6.45, 7) is 4.31. The van der Waals surface area contributed by atoms with Crippen molar-refractivity contribution in [3.05, 3.63) is 28.8 Å². The van der Waals surface area contributed by atoms with E-state index in [9.17, 15) is 0 Å². The number of anilines is 1. The van der Waals surface area contributed by atoms with E-state index in [1.54, 1.807) is 0 Å². The van der Waals surface area contributed by atoms with Crippen LogP contribution in [0.2, 0.25) is 5.02 Å². The predicted molar refractivity (Wildman–Crippen MR) is 66.6 cm³/mol. The van der Waals surface area contributed by atoms with Crippen molar-refractivity contribution < 1.29 is 0 Å². The van der Waals surface area contributed by atoms with E-state index in [1.807, 2.05) is 12.1 Å². The highest BCUT2D eigenvalue weighted by atomic mass is 35.5. The van der Waals surface area contributed by atoms with Gasteiger partial charge in [-0.3, -0.25) is 0 Å². The molecule has 0 amide bonds. The Labute approximate surface area is 96.8 Å². The molecule has 82 valence electrons. The van der Waals surface area contributed by atoms with Gasteiger partial charge in [0.25, 0.3) is 0 Å². The van der Waals surface area contributed by atoms with E-state index in [0.717, 1.165) is 16.5 Å². The maximum absolute atomic E-state index is 6.08. The Balaban J connectivity index is 1.99. The topological polar surface area (TPSA) is 12.0 Å².